The highest BCUT2D eigenvalue weighted by atomic mass is 14.7. The Hall–Kier alpha value is -2.38. The summed E-state index contributed by atoms with van der Waals surface area (Å²) < 4.78 is 0. The van der Waals surface area contributed by atoms with E-state index in [9.17, 15) is 0 Å². The van der Waals surface area contributed by atoms with Crippen molar-refractivity contribution in [2.24, 2.45) is 0 Å². The second-order valence-electron chi connectivity index (χ2n) is 1.96. The molecule has 0 N–H and O–H groups in total. The van der Waals surface area contributed by atoms with Crippen LogP contribution < -0.4 is 0 Å². The van der Waals surface area contributed by atoms with Gasteiger partial charge in [-0.1, -0.05) is 0 Å². The standard InChI is InChI=1S/C8H2N4/c9-2-6-1-7(3-10)8(4-11)12-5-6/h1,5H. The van der Waals surface area contributed by atoms with E-state index in [-0.39, 0.29) is 16.8 Å². The Morgan fingerprint density at radius 2 is 1.83 bits per heavy atom. The Morgan fingerprint density at radius 1 is 1.08 bits per heavy atom. The van der Waals surface area contributed by atoms with E-state index < -0.39 is 0 Å². The van der Waals surface area contributed by atoms with E-state index >= 15 is 0 Å². The van der Waals surface area contributed by atoms with Crippen molar-refractivity contribution in [2.45, 2.75) is 0 Å². The van der Waals surface area contributed by atoms with Crippen LogP contribution in [0.4, 0.5) is 0 Å². The van der Waals surface area contributed by atoms with E-state index in [1.54, 1.807) is 12.1 Å². The van der Waals surface area contributed by atoms with Gasteiger partial charge in [0.15, 0.2) is 5.69 Å². The van der Waals surface area contributed by atoms with Crippen LogP contribution in [0.25, 0.3) is 0 Å². The van der Waals surface area contributed by atoms with Crippen LogP contribution in [-0.2, 0) is 0 Å². The fourth-order valence-electron chi connectivity index (χ4n) is 0.700. The van der Waals surface area contributed by atoms with Crippen molar-refractivity contribution >= 4 is 0 Å². The van der Waals surface area contributed by atoms with E-state index in [1.807, 2.05) is 6.07 Å². The second kappa shape index (κ2) is 3.14. The van der Waals surface area contributed by atoms with Gasteiger partial charge in [-0.25, -0.2) is 4.98 Å². The lowest BCUT2D eigenvalue weighted by molar-refractivity contribution is 1.22. The topological polar surface area (TPSA) is 84.3 Å². The highest BCUT2D eigenvalue weighted by Crippen LogP contribution is 2.05. The van der Waals surface area contributed by atoms with Crippen LogP contribution in [0.5, 0.6) is 0 Å². The molecule has 0 aliphatic heterocycles. The number of pyridine rings is 1. The molecule has 0 amide bonds. The summed E-state index contributed by atoms with van der Waals surface area (Å²) in [6.45, 7) is 0. The van der Waals surface area contributed by atoms with Crippen LogP contribution in [0.3, 0.4) is 0 Å². The van der Waals surface area contributed by atoms with Crippen LogP contribution in [0.15, 0.2) is 12.3 Å². The molecule has 0 radical (unpaired) electrons. The summed E-state index contributed by atoms with van der Waals surface area (Å²) in [4.78, 5) is 3.63. The molecule has 0 aliphatic rings. The molecular weight excluding hydrogens is 152 g/mol. The highest BCUT2D eigenvalue weighted by molar-refractivity contribution is 5.44. The Bertz CT molecular complexity index is 428. The van der Waals surface area contributed by atoms with E-state index in [4.69, 9.17) is 15.8 Å². The minimum atomic E-state index is 0.0523. The molecule has 0 saturated carbocycles. The molecule has 1 rings (SSSR count). The summed E-state index contributed by atoms with van der Waals surface area (Å²) in [5, 5.41) is 25.4. The molecule has 0 unspecified atom stereocenters. The van der Waals surface area contributed by atoms with Crippen LogP contribution in [0.2, 0.25) is 0 Å². The van der Waals surface area contributed by atoms with E-state index in [0.717, 1.165) is 0 Å². The van der Waals surface area contributed by atoms with E-state index in [1.165, 1.54) is 12.3 Å². The molecule has 4 heteroatoms. The lowest BCUT2D eigenvalue weighted by atomic mass is 10.2. The number of hydrogen-bond acceptors (Lipinski definition) is 4. The summed E-state index contributed by atoms with van der Waals surface area (Å²) in [6.07, 6.45) is 1.26. The number of nitriles is 3. The Morgan fingerprint density at radius 3 is 2.33 bits per heavy atom. The molecule has 0 saturated heterocycles. The predicted molar refractivity (Wildman–Crippen MR) is 38.4 cm³/mol. The van der Waals surface area contributed by atoms with Crippen molar-refractivity contribution in [3.63, 3.8) is 0 Å². The summed E-state index contributed by atoms with van der Waals surface area (Å²) >= 11 is 0. The molecule has 0 aliphatic carbocycles. The average Bonchev–Trinajstić information content (AvgIpc) is 2.16. The highest BCUT2D eigenvalue weighted by Gasteiger charge is 2.02. The van der Waals surface area contributed by atoms with E-state index in [2.05, 4.69) is 4.98 Å². The maximum absolute atomic E-state index is 8.52. The first kappa shape index (κ1) is 7.72. The zero-order valence-electron chi connectivity index (χ0n) is 5.94. The molecule has 0 spiro atoms. The first-order valence-corrected chi connectivity index (χ1v) is 3.02. The molecule has 0 fully saturated rings. The van der Waals surface area contributed by atoms with Gasteiger partial charge in [-0.3, -0.25) is 0 Å². The van der Waals surface area contributed by atoms with Gasteiger partial charge in [0.05, 0.1) is 11.1 Å². The molecule has 0 bridgehead atoms. The molecule has 1 aromatic heterocycles. The van der Waals surface area contributed by atoms with Gasteiger partial charge in [0.25, 0.3) is 0 Å². The summed E-state index contributed by atoms with van der Waals surface area (Å²) in [7, 11) is 0. The average molecular weight is 154 g/mol. The maximum atomic E-state index is 8.52. The maximum Gasteiger partial charge on any atom is 0.158 e. The summed E-state index contributed by atoms with van der Waals surface area (Å²) in [5.41, 5.74) is 0.471. The van der Waals surface area contributed by atoms with Gasteiger partial charge in [-0.15, -0.1) is 0 Å². The SMILES string of the molecule is N#Cc1cnc(C#N)c(C#N)c1. The van der Waals surface area contributed by atoms with Crippen LogP contribution in [0.1, 0.15) is 16.8 Å². The Labute approximate surface area is 68.9 Å². The minimum absolute atomic E-state index is 0.0523. The van der Waals surface area contributed by atoms with Crippen molar-refractivity contribution in [1.82, 2.24) is 4.98 Å². The van der Waals surface area contributed by atoms with E-state index in [0.29, 0.717) is 0 Å². The third kappa shape index (κ3) is 1.21. The van der Waals surface area contributed by atoms with Crippen LogP contribution in [0, 0.1) is 34.0 Å². The quantitative estimate of drug-likeness (QED) is 0.550. The zero-order valence-corrected chi connectivity index (χ0v) is 5.94. The molecule has 4 nitrogen and oxygen atoms in total. The largest absolute Gasteiger partial charge is 0.243 e. The van der Waals surface area contributed by atoms with Crippen molar-refractivity contribution in [3.05, 3.63) is 29.1 Å². The third-order valence-corrected chi connectivity index (χ3v) is 1.24. The van der Waals surface area contributed by atoms with Gasteiger partial charge in [-0.2, -0.15) is 15.8 Å². The van der Waals surface area contributed by atoms with Crippen molar-refractivity contribution < 1.29 is 0 Å². The fourth-order valence-corrected chi connectivity index (χ4v) is 0.700. The molecule has 0 atom stereocenters. The van der Waals surface area contributed by atoms with Gasteiger partial charge < -0.3 is 0 Å². The number of rotatable bonds is 0. The minimum Gasteiger partial charge on any atom is -0.243 e. The molecule has 1 aromatic rings. The predicted octanol–water partition coefficient (Wildman–Crippen LogP) is 0.697. The normalized spacial score (nSPS) is 7.75. The second-order valence-corrected chi connectivity index (χ2v) is 1.96. The number of aromatic nitrogens is 1. The lowest BCUT2D eigenvalue weighted by Gasteiger charge is -1.91. The molecule has 54 valence electrons. The fraction of sp³-hybridized carbons (Fsp3) is 0. The smallest absolute Gasteiger partial charge is 0.158 e. The monoisotopic (exact) mass is 154 g/mol. The Kier molecular flexibility index (Phi) is 2.02. The van der Waals surface area contributed by atoms with Crippen molar-refractivity contribution in [2.75, 3.05) is 0 Å². The third-order valence-electron chi connectivity index (χ3n) is 1.24. The summed E-state index contributed by atoms with van der Waals surface area (Å²) in [6, 6.07) is 6.71. The lowest BCUT2D eigenvalue weighted by Crippen LogP contribution is -1.89. The molecule has 0 aromatic carbocycles. The zero-order chi connectivity index (χ0) is 8.97. The van der Waals surface area contributed by atoms with Gasteiger partial charge in [-0.05, 0) is 6.07 Å². The molecule has 1 heterocycles. The summed E-state index contributed by atoms with van der Waals surface area (Å²) in [5.74, 6) is 0. The first-order valence-electron chi connectivity index (χ1n) is 3.02. The number of hydrogen-bond donors (Lipinski definition) is 0. The first-order chi connectivity index (χ1) is 5.81. The Balaban J connectivity index is 3.37. The van der Waals surface area contributed by atoms with Crippen molar-refractivity contribution in [1.29, 1.82) is 15.8 Å². The van der Waals surface area contributed by atoms with Gasteiger partial charge in [0.2, 0.25) is 0 Å². The number of nitrogens with zero attached hydrogens (tertiary/aromatic N) is 4. The van der Waals surface area contributed by atoms with Crippen LogP contribution in [-0.4, -0.2) is 4.98 Å². The van der Waals surface area contributed by atoms with Gasteiger partial charge >= 0.3 is 0 Å². The van der Waals surface area contributed by atoms with Gasteiger partial charge in [0, 0.05) is 6.20 Å². The molecular formula is C8H2N4. The van der Waals surface area contributed by atoms with Gasteiger partial charge in [0.1, 0.15) is 18.2 Å². The van der Waals surface area contributed by atoms with Crippen LogP contribution >= 0.6 is 0 Å². The molecule has 12 heavy (non-hydrogen) atoms. The van der Waals surface area contributed by atoms with Crippen molar-refractivity contribution in [3.8, 4) is 18.2 Å².